The average molecular weight is 513 g/mol. The van der Waals surface area contributed by atoms with E-state index in [-0.39, 0.29) is 25.6 Å². The minimum Gasteiger partial charge on any atom is -0.497 e. The summed E-state index contributed by atoms with van der Waals surface area (Å²) in [4.78, 5) is 17.9. The number of piperidine rings is 1. The molecule has 0 bridgehead atoms. The van der Waals surface area contributed by atoms with E-state index in [1.807, 2.05) is 0 Å². The van der Waals surface area contributed by atoms with Crippen LogP contribution in [0.15, 0.2) is 42.6 Å². The molecule has 0 saturated carbocycles. The number of aromatic nitrogens is 1. The fourth-order valence-corrected chi connectivity index (χ4v) is 4.51. The summed E-state index contributed by atoms with van der Waals surface area (Å²) in [6, 6.07) is 9.69. The lowest BCUT2D eigenvalue weighted by Gasteiger charge is -2.38. The van der Waals surface area contributed by atoms with Crippen LogP contribution in [-0.2, 0) is 20.8 Å². The highest BCUT2D eigenvalue weighted by Crippen LogP contribution is 2.42. The van der Waals surface area contributed by atoms with E-state index >= 15 is 0 Å². The molecule has 7 nitrogen and oxygen atoms in total. The molecule has 4 rings (SSSR count). The zero-order valence-corrected chi connectivity index (χ0v) is 19.8. The maximum atomic E-state index is 13.5. The highest BCUT2D eigenvalue weighted by molar-refractivity contribution is 5.68. The molecule has 0 aliphatic carbocycles. The van der Waals surface area contributed by atoms with Gasteiger partial charge in [-0.1, -0.05) is 12.1 Å². The van der Waals surface area contributed by atoms with Crippen LogP contribution in [0.4, 0.5) is 22.4 Å². The van der Waals surface area contributed by atoms with Gasteiger partial charge < -0.3 is 23.8 Å². The summed E-state index contributed by atoms with van der Waals surface area (Å²) in [7, 11) is 1.51. The van der Waals surface area contributed by atoms with E-state index < -0.39 is 36.4 Å². The molecule has 2 saturated heterocycles. The van der Waals surface area contributed by atoms with Gasteiger partial charge in [0, 0.05) is 24.7 Å². The van der Waals surface area contributed by atoms with Crippen LogP contribution in [0.5, 0.6) is 5.75 Å². The number of rotatable bonds is 7. The summed E-state index contributed by atoms with van der Waals surface area (Å²) in [6.07, 6.45) is -5.44. The topological polar surface area (TPSA) is 70.1 Å². The fourth-order valence-electron chi connectivity index (χ4n) is 4.51. The molecule has 196 valence electrons. The third-order valence-corrected chi connectivity index (χ3v) is 6.62. The van der Waals surface area contributed by atoms with Gasteiger partial charge >= 0.3 is 12.3 Å². The number of ether oxygens (including phenoxy) is 4. The Bertz CT molecular complexity index is 1010. The van der Waals surface area contributed by atoms with Crippen molar-refractivity contribution in [2.75, 3.05) is 33.4 Å². The lowest BCUT2D eigenvalue weighted by Crippen LogP contribution is -2.49. The Morgan fingerprint density at radius 3 is 2.53 bits per heavy atom. The molecular formula is C25H28F4N2O5. The molecule has 2 aromatic rings. The summed E-state index contributed by atoms with van der Waals surface area (Å²) in [5.41, 5.74) is 0.912. The minimum atomic E-state index is -4.77. The SMILES string of the molecule is COc1ccc(COCC(OC(=O)N2CCC3(CC2)CC(c2ccc(F)cn2)CO3)C(F)(F)F)cc1. The van der Waals surface area contributed by atoms with E-state index in [9.17, 15) is 22.4 Å². The van der Waals surface area contributed by atoms with Gasteiger partial charge in [0.05, 0.1) is 38.7 Å². The Kier molecular flexibility index (Phi) is 7.99. The van der Waals surface area contributed by atoms with Crippen molar-refractivity contribution in [1.29, 1.82) is 0 Å². The third-order valence-electron chi connectivity index (χ3n) is 6.62. The lowest BCUT2D eigenvalue weighted by molar-refractivity contribution is -0.220. The first-order valence-corrected chi connectivity index (χ1v) is 11.7. The van der Waals surface area contributed by atoms with Crippen molar-refractivity contribution in [3.05, 3.63) is 59.7 Å². The van der Waals surface area contributed by atoms with Gasteiger partial charge in [0.15, 0.2) is 0 Å². The highest BCUT2D eigenvalue weighted by Gasteiger charge is 2.47. The molecule has 1 aromatic heterocycles. The largest absolute Gasteiger partial charge is 0.497 e. The first-order valence-electron chi connectivity index (χ1n) is 11.7. The Morgan fingerprint density at radius 2 is 1.92 bits per heavy atom. The number of benzene rings is 1. The molecule has 2 aliphatic heterocycles. The summed E-state index contributed by atoms with van der Waals surface area (Å²) in [5, 5.41) is 0. The van der Waals surface area contributed by atoms with Crippen LogP contribution in [0, 0.1) is 5.82 Å². The third kappa shape index (κ3) is 6.44. The van der Waals surface area contributed by atoms with Crippen molar-refractivity contribution >= 4 is 6.09 Å². The maximum Gasteiger partial charge on any atom is 0.427 e. The van der Waals surface area contributed by atoms with Crippen molar-refractivity contribution in [2.24, 2.45) is 0 Å². The van der Waals surface area contributed by atoms with E-state index in [1.54, 1.807) is 30.3 Å². The number of methoxy groups -OCH3 is 1. The smallest absolute Gasteiger partial charge is 0.427 e. The Hall–Kier alpha value is -2.92. The Labute approximate surface area is 206 Å². The molecule has 0 radical (unpaired) electrons. The maximum absolute atomic E-state index is 13.5. The zero-order valence-electron chi connectivity index (χ0n) is 19.8. The number of amides is 1. The summed E-state index contributed by atoms with van der Waals surface area (Å²) in [6.45, 7) is -0.0413. The molecule has 1 amide bonds. The lowest BCUT2D eigenvalue weighted by atomic mass is 9.84. The van der Waals surface area contributed by atoms with Crippen LogP contribution >= 0.6 is 0 Å². The van der Waals surface area contributed by atoms with Crippen LogP contribution in [0.1, 0.15) is 36.4 Å². The first kappa shape index (κ1) is 26.2. The molecule has 2 aliphatic rings. The molecular weight excluding hydrogens is 484 g/mol. The Balaban J connectivity index is 1.26. The van der Waals surface area contributed by atoms with Crippen LogP contribution < -0.4 is 4.74 Å². The first-order chi connectivity index (χ1) is 17.2. The molecule has 1 spiro atoms. The number of nitrogens with zero attached hydrogens (tertiary/aromatic N) is 2. The quantitative estimate of drug-likeness (QED) is 0.494. The molecule has 1 aromatic carbocycles. The van der Waals surface area contributed by atoms with Crippen molar-refractivity contribution in [2.45, 2.75) is 49.7 Å². The zero-order chi connectivity index (χ0) is 25.8. The molecule has 11 heteroatoms. The van der Waals surface area contributed by atoms with Crippen LogP contribution in [-0.4, -0.2) is 67.3 Å². The van der Waals surface area contributed by atoms with Crippen molar-refractivity contribution in [3.8, 4) is 5.75 Å². The number of carbonyl (C=O) groups excluding carboxylic acids is 1. The summed E-state index contributed by atoms with van der Waals surface area (Å²) >= 11 is 0. The predicted molar refractivity (Wildman–Crippen MR) is 120 cm³/mol. The minimum absolute atomic E-state index is 0.00145. The highest BCUT2D eigenvalue weighted by atomic mass is 19.4. The number of pyridine rings is 1. The molecule has 2 fully saturated rings. The fraction of sp³-hybridized carbons (Fsp3) is 0.520. The number of carbonyl (C=O) groups is 1. The molecule has 2 unspecified atom stereocenters. The molecule has 36 heavy (non-hydrogen) atoms. The number of halogens is 4. The van der Waals surface area contributed by atoms with Crippen molar-refractivity contribution < 1.29 is 41.3 Å². The van der Waals surface area contributed by atoms with Gasteiger partial charge in [-0.15, -0.1) is 0 Å². The second-order valence-electron chi connectivity index (χ2n) is 9.06. The van der Waals surface area contributed by atoms with Gasteiger partial charge in [-0.3, -0.25) is 4.98 Å². The van der Waals surface area contributed by atoms with Gasteiger partial charge in [0.2, 0.25) is 6.10 Å². The van der Waals surface area contributed by atoms with Gasteiger partial charge in [-0.05, 0) is 49.1 Å². The number of alkyl halides is 3. The number of hydrogen-bond acceptors (Lipinski definition) is 6. The van der Waals surface area contributed by atoms with Gasteiger partial charge in [-0.25, -0.2) is 9.18 Å². The van der Waals surface area contributed by atoms with Gasteiger partial charge in [0.25, 0.3) is 0 Å². The number of likely N-dealkylation sites (tertiary alicyclic amines) is 1. The van der Waals surface area contributed by atoms with Crippen molar-refractivity contribution in [1.82, 2.24) is 9.88 Å². The molecule has 2 atom stereocenters. The van der Waals surface area contributed by atoms with E-state index in [2.05, 4.69) is 4.98 Å². The Morgan fingerprint density at radius 1 is 1.19 bits per heavy atom. The van der Waals surface area contributed by atoms with Crippen LogP contribution in [0.25, 0.3) is 0 Å². The van der Waals surface area contributed by atoms with Gasteiger partial charge in [0.1, 0.15) is 11.6 Å². The van der Waals surface area contributed by atoms with E-state index in [0.29, 0.717) is 37.2 Å². The average Bonchev–Trinajstić information content (AvgIpc) is 3.27. The predicted octanol–water partition coefficient (Wildman–Crippen LogP) is 4.85. The van der Waals surface area contributed by atoms with Crippen molar-refractivity contribution in [3.63, 3.8) is 0 Å². The van der Waals surface area contributed by atoms with E-state index in [1.165, 1.54) is 18.1 Å². The second kappa shape index (κ2) is 11.0. The number of hydrogen-bond donors (Lipinski definition) is 0. The van der Waals surface area contributed by atoms with Crippen LogP contribution in [0.3, 0.4) is 0 Å². The standard InChI is InChI=1S/C25H28F4N2O5/c1-33-20-5-2-17(3-6-20)14-34-16-22(25(27,28)29)36-23(32)31-10-8-24(9-11-31)12-18(15-35-24)21-7-4-19(26)13-30-21/h2-7,13,18,22H,8-12,14-16H2,1H3. The normalized spacial score (nSPS) is 20.4. The van der Waals surface area contributed by atoms with Crippen LogP contribution in [0.2, 0.25) is 0 Å². The monoisotopic (exact) mass is 512 g/mol. The van der Waals surface area contributed by atoms with E-state index in [4.69, 9.17) is 18.9 Å². The summed E-state index contributed by atoms with van der Waals surface area (Å²) in [5.74, 6) is 0.207. The molecule has 3 heterocycles. The second-order valence-corrected chi connectivity index (χ2v) is 9.06. The van der Waals surface area contributed by atoms with E-state index in [0.717, 1.165) is 11.9 Å². The summed E-state index contributed by atoms with van der Waals surface area (Å²) < 4.78 is 74.7. The van der Waals surface area contributed by atoms with Gasteiger partial charge in [-0.2, -0.15) is 13.2 Å². The molecule has 0 N–H and O–H groups in total.